The molecule has 1 amide bonds. The molecular weight excluding hydrogens is 424 g/mol. The zero-order valence-corrected chi connectivity index (χ0v) is 18.3. The molecule has 2 N–H and O–H groups in total. The minimum atomic E-state index is -0.385. The van der Waals surface area contributed by atoms with E-state index in [1.165, 1.54) is 6.39 Å². The Labute approximate surface area is 189 Å². The molecular formula is C24H24N4O5. The molecule has 0 bridgehead atoms. The number of methoxy groups -OCH3 is 2. The van der Waals surface area contributed by atoms with E-state index in [0.29, 0.717) is 34.9 Å². The maximum absolute atomic E-state index is 12.4. The molecule has 9 heteroatoms. The second kappa shape index (κ2) is 8.50. The van der Waals surface area contributed by atoms with Crippen LogP contribution in [-0.2, 0) is 11.2 Å². The lowest BCUT2D eigenvalue weighted by Crippen LogP contribution is -2.14. The molecule has 1 aliphatic carbocycles. The smallest absolute Gasteiger partial charge is 0.227 e. The predicted molar refractivity (Wildman–Crippen MR) is 121 cm³/mol. The van der Waals surface area contributed by atoms with E-state index in [9.17, 15) is 9.90 Å². The predicted octanol–water partition coefficient (Wildman–Crippen LogP) is 3.93. The van der Waals surface area contributed by atoms with Crippen LogP contribution in [0.3, 0.4) is 0 Å². The number of rotatable bonds is 8. The first kappa shape index (κ1) is 20.9. The van der Waals surface area contributed by atoms with Gasteiger partial charge in [0.05, 0.1) is 37.8 Å². The number of aromatic hydroxyl groups is 1. The number of hydrogen-bond donors (Lipinski definition) is 2. The van der Waals surface area contributed by atoms with Gasteiger partial charge >= 0.3 is 0 Å². The van der Waals surface area contributed by atoms with Crippen LogP contribution in [0.1, 0.15) is 30.3 Å². The number of anilines is 1. The number of carbonyl (C=O) groups excluding carboxylic acids is 1. The molecule has 4 aromatic rings. The third kappa shape index (κ3) is 3.97. The maximum atomic E-state index is 12.4. The summed E-state index contributed by atoms with van der Waals surface area (Å²) in [5.41, 5.74) is 1.44. The summed E-state index contributed by atoms with van der Waals surface area (Å²) in [6, 6.07) is 10.8. The Morgan fingerprint density at radius 3 is 2.76 bits per heavy atom. The Hall–Kier alpha value is -4.01. The highest BCUT2D eigenvalue weighted by Gasteiger charge is 2.30. The summed E-state index contributed by atoms with van der Waals surface area (Å²) in [4.78, 5) is 12.4. The van der Waals surface area contributed by atoms with E-state index in [2.05, 4.69) is 15.5 Å². The van der Waals surface area contributed by atoms with Crippen molar-refractivity contribution in [3.63, 3.8) is 0 Å². The first-order valence-electron chi connectivity index (χ1n) is 10.7. The van der Waals surface area contributed by atoms with E-state index in [1.54, 1.807) is 24.9 Å². The number of ether oxygens (including phenoxy) is 2. The Kier molecular flexibility index (Phi) is 5.37. The fourth-order valence-corrected chi connectivity index (χ4v) is 4.08. The van der Waals surface area contributed by atoms with E-state index in [-0.39, 0.29) is 23.7 Å². The SMILES string of the molecule is COc1ccc(C(Cc2nnco2)n2cc3cccc(NC(=O)C4CC4)c3c2O)cc1OC. The van der Waals surface area contributed by atoms with Crippen molar-refractivity contribution in [2.45, 2.75) is 25.3 Å². The number of aromatic nitrogens is 3. The van der Waals surface area contributed by atoms with Crippen LogP contribution in [0.5, 0.6) is 17.4 Å². The molecule has 0 radical (unpaired) electrons. The van der Waals surface area contributed by atoms with Crippen molar-refractivity contribution in [2.75, 3.05) is 19.5 Å². The van der Waals surface area contributed by atoms with Crippen molar-refractivity contribution in [3.8, 4) is 17.4 Å². The molecule has 2 aromatic carbocycles. The van der Waals surface area contributed by atoms with Gasteiger partial charge in [0.25, 0.3) is 0 Å². The van der Waals surface area contributed by atoms with Crippen molar-refractivity contribution in [3.05, 3.63) is 60.4 Å². The van der Waals surface area contributed by atoms with Gasteiger partial charge in [-0.25, -0.2) is 0 Å². The summed E-state index contributed by atoms with van der Waals surface area (Å²) >= 11 is 0. The first-order chi connectivity index (χ1) is 16.1. The van der Waals surface area contributed by atoms with Gasteiger partial charge in [-0.3, -0.25) is 4.79 Å². The van der Waals surface area contributed by atoms with Crippen LogP contribution >= 0.6 is 0 Å². The lowest BCUT2D eigenvalue weighted by Gasteiger charge is -2.20. The second-order valence-electron chi connectivity index (χ2n) is 8.06. The molecule has 1 aliphatic rings. The second-order valence-corrected chi connectivity index (χ2v) is 8.06. The van der Waals surface area contributed by atoms with Gasteiger partial charge in [0, 0.05) is 17.5 Å². The van der Waals surface area contributed by atoms with Crippen LogP contribution in [0, 0.1) is 5.92 Å². The first-order valence-corrected chi connectivity index (χ1v) is 10.7. The zero-order valence-electron chi connectivity index (χ0n) is 18.3. The molecule has 0 spiro atoms. The Morgan fingerprint density at radius 1 is 1.24 bits per heavy atom. The lowest BCUT2D eigenvalue weighted by molar-refractivity contribution is -0.117. The van der Waals surface area contributed by atoms with E-state index in [4.69, 9.17) is 13.9 Å². The molecule has 1 atom stereocenters. The number of fused-ring (bicyclic) bond motifs is 1. The molecule has 1 unspecified atom stereocenters. The van der Waals surface area contributed by atoms with Crippen molar-refractivity contribution >= 4 is 22.4 Å². The number of amides is 1. The monoisotopic (exact) mass is 448 g/mol. The van der Waals surface area contributed by atoms with Crippen LogP contribution in [0.15, 0.2) is 53.4 Å². The van der Waals surface area contributed by atoms with E-state index in [1.807, 2.05) is 36.5 Å². The van der Waals surface area contributed by atoms with E-state index >= 15 is 0 Å². The van der Waals surface area contributed by atoms with Crippen molar-refractivity contribution in [1.82, 2.24) is 14.8 Å². The van der Waals surface area contributed by atoms with Gasteiger partial charge < -0.3 is 28.9 Å². The van der Waals surface area contributed by atoms with Gasteiger partial charge in [-0.05, 0) is 36.6 Å². The quantitative estimate of drug-likeness (QED) is 0.420. The standard InChI is InChI=1S/C24H24N4O5/c1-31-19-9-8-15(10-20(19)32-2)18(11-21-27-25-13-33-21)28-12-16-4-3-5-17(22(16)24(28)30)26-23(29)14-6-7-14/h3-5,8-10,12-14,18,30H,6-7,11H2,1-2H3,(H,26,29). The third-order valence-corrected chi connectivity index (χ3v) is 5.95. The van der Waals surface area contributed by atoms with Gasteiger partial charge in [0.15, 0.2) is 11.5 Å². The minimum Gasteiger partial charge on any atom is -0.494 e. The summed E-state index contributed by atoms with van der Waals surface area (Å²) in [6.07, 6.45) is 5.28. The maximum Gasteiger partial charge on any atom is 0.227 e. The zero-order chi connectivity index (χ0) is 22.9. The van der Waals surface area contributed by atoms with Gasteiger partial charge in [-0.15, -0.1) is 10.2 Å². The summed E-state index contributed by atoms with van der Waals surface area (Å²) in [6.45, 7) is 0. The fraction of sp³-hybridized carbons (Fsp3) is 0.292. The van der Waals surface area contributed by atoms with Crippen LogP contribution in [0.25, 0.3) is 10.8 Å². The highest BCUT2D eigenvalue weighted by molar-refractivity contribution is 6.05. The Morgan fingerprint density at radius 2 is 2.06 bits per heavy atom. The van der Waals surface area contributed by atoms with Gasteiger partial charge in [0.1, 0.15) is 0 Å². The largest absolute Gasteiger partial charge is 0.494 e. The van der Waals surface area contributed by atoms with Crippen molar-refractivity contribution in [1.29, 1.82) is 0 Å². The Balaban J connectivity index is 1.61. The molecule has 1 saturated carbocycles. The topological polar surface area (TPSA) is 112 Å². The number of nitrogens with one attached hydrogen (secondary N) is 1. The van der Waals surface area contributed by atoms with Gasteiger partial charge in [-0.2, -0.15) is 0 Å². The normalized spacial score (nSPS) is 14.2. The molecule has 2 heterocycles. The Bertz CT molecular complexity index is 1290. The molecule has 2 aromatic heterocycles. The molecule has 0 saturated heterocycles. The number of hydrogen-bond acceptors (Lipinski definition) is 7. The lowest BCUT2D eigenvalue weighted by atomic mass is 10.0. The minimum absolute atomic E-state index is 0.0167. The summed E-state index contributed by atoms with van der Waals surface area (Å²) in [5.74, 6) is 1.67. The summed E-state index contributed by atoms with van der Waals surface area (Å²) < 4.78 is 18.0. The highest BCUT2D eigenvalue weighted by atomic mass is 16.5. The van der Waals surface area contributed by atoms with E-state index in [0.717, 1.165) is 23.8 Å². The van der Waals surface area contributed by atoms with Gasteiger partial charge in [0.2, 0.25) is 24.1 Å². The number of carbonyl (C=O) groups is 1. The van der Waals surface area contributed by atoms with Gasteiger partial charge in [-0.1, -0.05) is 18.2 Å². The summed E-state index contributed by atoms with van der Waals surface area (Å²) in [5, 5.41) is 23.5. The molecule has 9 nitrogen and oxygen atoms in total. The average molecular weight is 448 g/mol. The van der Waals surface area contributed by atoms with Crippen LogP contribution in [-0.4, -0.2) is 40.0 Å². The number of nitrogens with zero attached hydrogens (tertiary/aromatic N) is 3. The van der Waals surface area contributed by atoms with Crippen LogP contribution in [0.4, 0.5) is 5.69 Å². The fourth-order valence-electron chi connectivity index (χ4n) is 4.08. The summed E-state index contributed by atoms with van der Waals surface area (Å²) in [7, 11) is 3.15. The van der Waals surface area contributed by atoms with Crippen LogP contribution in [0.2, 0.25) is 0 Å². The van der Waals surface area contributed by atoms with Crippen molar-refractivity contribution in [2.24, 2.45) is 5.92 Å². The number of benzene rings is 2. The van der Waals surface area contributed by atoms with Crippen molar-refractivity contribution < 1.29 is 23.8 Å². The van der Waals surface area contributed by atoms with Crippen LogP contribution < -0.4 is 14.8 Å². The third-order valence-electron chi connectivity index (χ3n) is 5.95. The highest BCUT2D eigenvalue weighted by Crippen LogP contribution is 2.40. The average Bonchev–Trinajstić information content (AvgIpc) is 3.46. The molecule has 5 rings (SSSR count). The molecule has 33 heavy (non-hydrogen) atoms. The molecule has 1 fully saturated rings. The molecule has 0 aliphatic heterocycles. The molecule has 170 valence electrons. The van der Waals surface area contributed by atoms with E-state index < -0.39 is 0 Å².